The van der Waals surface area contributed by atoms with Crippen LogP contribution in [0.4, 0.5) is 0 Å². The van der Waals surface area contributed by atoms with Crippen LogP contribution >= 0.6 is 0 Å². The van der Waals surface area contributed by atoms with Gasteiger partial charge in [0, 0.05) is 0 Å². The summed E-state index contributed by atoms with van der Waals surface area (Å²) in [5, 5.41) is 0. The van der Waals surface area contributed by atoms with Crippen LogP contribution in [0.15, 0.2) is 60.2 Å². The molecule has 4 heteroatoms. The molecule has 0 unspecified atom stereocenters. The Labute approximate surface area is 189 Å². The van der Waals surface area contributed by atoms with Crippen molar-refractivity contribution in [3.05, 3.63) is 82.5 Å². The minimum Gasteiger partial charge on any atom is -1.00 e. The van der Waals surface area contributed by atoms with Gasteiger partial charge in [-0.25, -0.2) is 0 Å². The van der Waals surface area contributed by atoms with Gasteiger partial charge in [0.2, 0.25) is 0 Å². The number of benzene rings is 2. The van der Waals surface area contributed by atoms with Gasteiger partial charge in [-0.15, -0.1) is 0 Å². The van der Waals surface area contributed by atoms with Crippen molar-refractivity contribution < 1.29 is 61.9 Å². The van der Waals surface area contributed by atoms with Crippen molar-refractivity contribution >= 4 is 8.85 Å². The normalized spacial score (nSPS) is 12.8. The van der Waals surface area contributed by atoms with Gasteiger partial charge >= 0.3 is 154 Å². The Balaban J connectivity index is 0.00000113. The fourth-order valence-electron chi connectivity index (χ4n) is 3.66. The molecule has 26 heavy (non-hydrogen) atoms. The van der Waals surface area contributed by atoms with Crippen molar-refractivity contribution in [2.45, 2.75) is 26.7 Å². The topological polar surface area (TPSA) is 0 Å². The molecule has 2 aromatic rings. The quantitative estimate of drug-likeness (QED) is 0.365. The summed E-state index contributed by atoms with van der Waals surface area (Å²) in [6.45, 7) is 4.49. The Hall–Kier alpha value is -0.587. The first kappa shape index (κ1) is 23.5. The maximum Gasteiger partial charge on any atom is -1.00 e. The minimum absolute atomic E-state index is 0. The van der Waals surface area contributed by atoms with Crippen LogP contribution in [-0.4, -0.2) is 0 Å². The van der Waals surface area contributed by atoms with E-state index in [1.807, 2.05) is 0 Å². The van der Waals surface area contributed by atoms with Gasteiger partial charge in [-0.05, 0) is 0 Å². The van der Waals surface area contributed by atoms with E-state index in [4.69, 9.17) is 0 Å². The van der Waals surface area contributed by atoms with E-state index < -0.39 is 0 Å². The van der Waals surface area contributed by atoms with Gasteiger partial charge in [0.1, 0.15) is 0 Å². The summed E-state index contributed by atoms with van der Waals surface area (Å²) in [6.07, 6.45) is 8.85. The van der Waals surface area contributed by atoms with E-state index in [1.54, 1.807) is 0 Å². The van der Waals surface area contributed by atoms with E-state index in [0.717, 1.165) is 12.8 Å². The summed E-state index contributed by atoms with van der Waals surface area (Å²) in [6, 6.07) is 13.6. The first-order chi connectivity index (χ1) is 11.2. The van der Waals surface area contributed by atoms with Crippen molar-refractivity contribution in [2.24, 2.45) is 0 Å². The van der Waals surface area contributed by atoms with Crippen LogP contribution in [0.25, 0.3) is 20.0 Å². The van der Waals surface area contributed by atoms with Crippen molar-refractivity contribution in [1.29, 1.82) is 0 Å². The fraction of sp³-hybridized carbons (Fsp3) is 0.182. The van der Waals surface area contributed by atoms with Crippen LogP contribution in [-0.2, 0) is 31.1 Å². The maximum atomic E-state index is 2.35. The number of fused-ring (bicyclic) bond motifs is 3. The fourth-order valence-corrected chi connectivity index (χ4v) is 4.36. The third-order valence-electron chi connectivity index (χ3n) is 4.85. The molecule has 2 aliphatic rings. The zero-order valence-electron chi connectivity index (χ0n) is 14.7. The average Bonchev–Trinajstić information content (AvgIpc) is 3.20. The zero-order valence-corrected chi connectivity index (χ0v) is 19.5. The molecule has 2 aromatic carbocycles. The van der Waals surface area contributed by atoms with E-state index in [9.17, 15) is 0 Å². The monoisotopic (exact) mass is 478 g/mol. The molecule has 0 spiro atoms. The molecular formula is C22H19Cl3Zr. The first-order valence-corrected chi connectivity index (χ1v) is 9.39. The standard InChI is InChI=1S/C22H19.3ClH.Zr/c1-15(2)13-21-19(16-7-3-4-8-16)11-12-20-18-10-6-5-9-17(18)14-22(20)21;;;;/h3-7,9-12H,8,14H2,1-2H3;3*1H;/q;;;;+3/p-3. The van der Waals surface area contributed by atoms with Crippen molar-refractivity contribution in [3.63, 3.8) is 0 Å². The van der Waals surface area contributed by atoms with Crippen LogP contribution in [0.5, 0.6) is 0 Å². The molecule has 0 N–H and O–H groups in total. The first-order valence-electron chi connectivity index (χ1n) is 8.16. The molecule has 0 aromatic heterocycles. The second kappa shape index (κ2) is 9.56. The second-order valence-corrected chi connectivity index (χ2v) is 7.78. The van der Waals surface area contributed by atoms with Crippen LogP contribution in [0.2, 0.25) is 0 Å². The molecule has 2 aliphatic carbocycles. The molecule has 0 bridgehead atoms. The summed E-state index contributed by atoms with van der Waals surface area (Å²) in [5.74, 6) is 0. The Bertz CT molecular complexity index is 904. The van der Waals surface area contributed by atoms with E-state index in [0.29, 0.717) is 0 Å². The number of hydrogen-bond acceptors (Lipinski definition) is 0. The molecule has 0 heterocycles. The van der Waals surface area contributed by atoms with Crippen molar-refractivity contribution in [1.82, 2.24) is 0 Å². The zero-order chi connectivity index (χ0) is 16.0. The SMILES string of the molecule is CC(C)=[C]([Zr+3])c1c(C2=CC=CC2)ccc2c1Cc1ccccc1-2.[Cl-].[Cl-].[Cl-]. The van der Waals surface area contributed by atoms with Gasteiger partial charge in [0.15, 0.2) is 0 Å². The molecule has 4 rings (SSSR count). The molecule has 0 atom stereocenters. The molecule has 0 radical (unpaired) electrons. The Morgan fingerprint density at radius 2 is 1.58 bits per heavy atom. The number of hydrogen-bond donors (Lipinski definition) is 0. The third kappa shape index (κ3) is 3.97. The smallest absolute Gasteiger partial charge is 1.00 e. The summed E-state index contributed by atoms with van der Waals surface area (Å²) in [4.78, 5) is 0. The van der Waals surface area contributed by atoms with Crippen LogP contribution < -0.4 is 37.2 Å². The Morgan fingerprint density at radius 3 is 2.23 bits per heavy atom. The average molecular weight is 481 g/mol. The predicted octanol–water partition coefficient (Wildman–Crippen LogP) is -3.09. The summed E-state index contributed by atoms with van der Waals surface area (Å²) < 4.78 is 1.52. The predicted molar refractivity (Wildman–Crippen MR) is 94.7 cm³/mol. The van der Waals surface area contributed by atoms with Crippen LogP contribution in [0, 0.1) is 0 Å². The molecule has 0 saturated heterocycles. The largest absolute Gasteiger partial charge is 1.00 e. The Morgan fingerprint density at radius 1 is 0.885 bits per heavy atom. The second-order valence-electron chi connectivity index (χ2n) is 6.55. The van der Waals surface area contributed by atoms with Crippen molar-refractivity contribution in [3.8, 4) is 11.1 Å². The van der Waals surface area contributed by atoms with E-state index in [-0.39, 0.29) is 37.2 Å². The van der Waals surface area contributed by atoms with Crippen LogP contribution in [0.3, 0.4) is 0 Å². The molecule has 0 fully saturated rings. The molecule has 0 nitrogen and oxygen atoms in total. The molecule has 132 valence electrons. The summed E-state index contributed by atoms with van der Waals surface area (Å²) in [7, 11) is 0. The molecule has 0 aliphatic heterocycles. The van der Waals surface area contributed by atoms with Crippen LogP contribution in [0.1, 0.15) is 42.5 Å². The minimum atomic E-state index is 0. The van der Waals surface area contributed by atoms with Gasteiger partial charge in [-0.2, -0.15) is 0 Å². The summed E-state index contributed by atoms with van der Waals surface area (Å²) in [5.41, 5.74) is 11.7. The molecule has 0 saturated carbocycles. The van der Waals surface area contributed by atoms with Gasteiger partial charge in [-0.3, -0.25) is 0 Å². The van der Waals surface area contributed by atoms with Gasteiger partial charge in [0.05, 0.1) is 0 Å². The molecular weight excluding hydrogens is 462 g/mol. The number of allylic oxidation sites excluding steroid dienone is 5. The molecule has 0 amide bonds. The van der Waals surface area contributed by atoms with Gasteiger partial charge < -0.3 is 37.2 Å². The van der Waals surface area contributed by atoms with Crippen molar-refractivity contribution in [2.75, 3.05) is 0 Å². The van der Waals surface area contributed by atoms with E-state index in [2.05, 4.69) is 68.5 Å². The maximum absolute atomic E-state index is 2.35. The number of rotatable bonds is 2. The van der Waals surface area contributed by atoms with Gasteiger partial charge in [-0.1, -0.05) is 0 Å². The van der Waals surface area contributed by atoms with E-state index in [1.165, 1.54) is 72.5 Å². The third-order valence-corrected chi connectivity index (χ3v) is 6.70. The Kier molecular flexibility index (Phi) is 8.62. The summed E-state index contributed by atoms with van der Waals surface area (Å²) >= 11 is 1.51. The van der Waals surface area contributed by atoms with E-state index >= 15 is 0 Å². The number of halogens is 3. The van der Waals surface area contributed by atoms with Gasteiger partial charge in [0.25, 0.3) is 0 Å².